The van der Waals surface area contributed by atoms with E-state index < -0.39 is 6.10 Å². The van der Waals surface area contributed by atoms with Crippen LogP contribution in [0.1, 0.15) is 219 Å². The Balaban J connectivity index is 3.42. The normalized spacial score (nSPS) is 11.8. The van der Waals surface area contributed by atoms with Crippen LogP contribution in [-0.4, -0.2) is 36.4 Å². The van der Waals surface area contributed by atoms with Crippen LogP contribution in [0.25, 0.3) is 0 Å². The number of esters is 2. The number of ether oxygens (including phenoxy) is 2. The molecule has 0 rings (SSSR count). The standard InChI is InChI=1S/C43H80O5/c1-3-5-7-9-11-13-15-17-19-21-23-25-27-29-31-33-35-37-42(45)47-39-41(44)40-48-43(46)38-36-34-32-30-28-26-24-22-20-18-16-14-12-10-8-6-4-2/h17-20,41,44H,3-16,21-40H2,1-2H3/b19-17-,20-18-. The second kappa shape index (κ2) is 39.8. The molecule has 0 aromatic heterocycles. The molecule has 5 nitrogen and oxygen atoms in total. The van der Waals surface area contributed by atoms with Crippen molar-refractivity contribution in [2.24, 2.45) is 0 Å². The fraction of sp³-hybridized carbons (Fsp3) is 0.860. The van der Waals surface area contributed by atoms with Crippen molar-refractivity contribution in [2.45, 2.75) is 225 Å². The molecule has 5 heteroatoms. The molecule has 0 saturated carbocycles. The number of hydrogen-bond acceptors (Lipinski definition) is 5. The largest absolute Gasteiger partial charge is 0.463 e. The highest BCUT2D eigenvalue weighted by atomic mass is 16.6. The number of hydrogen-bond donors (Lipinski definition) is 1. The number of carbonyl (C=O) groups is 2. The van der Waals surface area contributed by atoms with E-state index in [9.17, 15) is 14.7 Å². The average molecular weight is 677 g/mol. The summed E-state index contributed by atoms with van der Waals surface area (Å²) in [7, 11) is 0. The minimum absolute atomic E-state index is 0.117. The van der Waals surface area contributed by atoms with Gasteiger partial charge >= 0.3 is 11.9 Å². The quantitative estimate of drug-likeness (QED) is 0.0400. The van der Waals surface area contributed by atoms with Crippen molar-refractivity contribution < 1.29 is 24.2 Å². The van der Waals surface area contributed by atoms with E-state index in [1.807, 2.05) is 0 Å². The highest BCUT2D eigenvalue weighted by Crippen LogP contribution is 2.13. The number of carbonyl (C=O) groups excluding carboxylic acids is 2. The molecule has 0 aliphatic heterocycles. The van der Waals surface area contributed by atoms with Crippen LogP contribution in [0, 0.1) is 0 Å². The monoisotopic (exact) mass is 677 g/mol. The smallest absolute Gasteiger partial charge is 0.305 e. The lowest BCUT2D eigenvalue weighted by molar-refractivity contribution is -0.152. The van der Waals surface area contributed by atoms with Gasteiger partial charge in [0.05, 0.1) is 0 Å². The minimum atomic E-state index is -0.964. The van der Waals surface area contributed by atoms with E-state index in [0.717, 1.165) is 38.5 Å². The van der Waals surface area contributed by atoms with Crippen LogP contribution in [0.4, 0.5) is 0 Å². The lowest BCUT2D eigenvalue weighted by atomic mass is 10.1. The summed E-state index contributed by atoms with van der Waals surface area (Å²) < 4.78 is 10.3. The molecule has 0 aliphatic carbocycles. The summed E-state index contributed by atoms with van der Waals surface area (Å²) in [5.74, 6) is -0.568. The van der Waals surface area contributed by atoms with Gasteiger partial charge in [-0.05, 0) is 64.2 Å². The van der Waals surface area contributed by atoms with Gasteiger partial charge in [0.1, 0.15) is 19.3 Å². The first-order valence-corrected chi connectivity index (χ1v) is 20.9. The first-order valence-electron chi connectivity index (χ1n) is 20.9. The van der Waals surface area contributed by atoms with Crippen LogP contribution in [0.3, 0.4) is 0 Å². The van der Waals surface area contributed by atoms with Gasteiger partial charge < -0.3 is 14.6 Å². The molecule has 0 aromatic carbocycles. The molecule has 48 heavy (non-hydrogen) atoms. The van der Waals surface area contributed by atoms with Gasteiger partial charge in [0.15, 0.2) is 0 Å². The SMILES string of the molecule is CCCCCCCC/C=C\CCCCCCCCCC(=O)OCC(O)COC(=O)CCCCCCCCC/C=C\CCCCCCCC. The Hall–Kier alpha value is -1.62. The Morgan fingerprint density at radius 2 is 0.667 bits per heavy atom. The molecule has 1 N–H and O–H groups in total. The molecule has 0 amide bonds. The van der Waals surface area contributed by atoms with Gasteiger partial charge in [-0.3, -0.25) is 9.59 Å². The molecule has 0 radical (unpaired) electrons. The maximum absolute atomic E-state index is 12.0. The first kappa shape index (κ1) is 46.4. The highest BCUT2D eigenvalue weighted by Gasteiger charge is 2.12. The van der Waals surface area contributed by atoms with Gasteiger partial charge in [0, 0.05) is 12.8 Å². The fourth-order valence-corrected chi connectivity index (χ4v) is 5.96. The van der Waals surface area contributed by atoms with E-state index in [0.29, 0.717) is 12.8 Å². The Bertz CT molecular complexity index is 671. The number of aliphatic hydroxyl groups excluding tert-OH is 1. The topological polar surface area (TPSA) is 72.8 Å². The van der Waals surface area contributed by atoms with E-state index in [4.69, 9.17) is 9.47 Å². The van der Waals surface area contributed by atoms with Crippen LogP contribution in [0.15, 0.2) is 24.3 Å². The Labute approximate surface area is 298 Å². The van der Waals surface area contributed by atoms with Gasteiger partial charge in [0.25, 0.3) is 0 Å². The Kier molecular flexibility index (Phi) is 38.5. The average Bonchev–Trinajstić information content (AvgIpc) is 3.09. The van der Waals surface area contributed by atoms with Crippen molar-refractivity contribution in [1.82, 2.24) is 0 Å². The molecule has 0 aliphatic rings. The van der Waals surface area contributed by atoms with Gasteiger partial charge in [-0.1, -0.05) is 167 Å². The van der Waals surface area contributed by atoms with Crippen LogP contribution in [0.2, 0.25) is 0 Å². The van der Waals surface area contributed by atoms with Crippen molar-refractivity contribution in [2.75, 3.05) is 13.2 Å². The van der Waals surface area contributed by atoms with Crippen LogP contribution in [-0.2, 0) is 19.1 Å². The maximum atomic E-state index is 12.0. The van der Waals surface area contributed by atoms with E-state index in [1.54, 1.807) is 0 Å². The van der Waals surface area contributed by atoms with Crippen molar-refractivity contribution in [1.29, 1.82) is 0 Å². The summed E-state index contributed by atoms with van der Waals surface area (Å²) in [6.07, 6.45) is 46.6. The number of unbranched alkanes of at least 4 members (excludes halogenated alkanes) is 26. The predicted octanol–water partition coefficient (Wildman–Crippen LogP) is 13.1. The van der Waals surface area contributed by atoms with E-state index in [-0.39, 0.29) is 25.2 Å². The molecule has 282 valence electrons. The van der Waals surface area contributed by atoms with E-state index in [1.165, 1.54) is 154 Å². The van der Waals surface area contributed by atoms with Gasteiger partial charge in [-0.2, -0.15) is 0 Å². The Morgan fingerprint density at radius 1 is 0.417 bits per heavy atom. The first-order chi connectivity index (χ1) is 23.6. The van der Waals surface area contributed by atoms with Crippen LogP contribution in [0.5, 0.6) is 0 Å². The molecular weight excluding hydrogens is 596 g/mol. The minimum Gasteiger partial charge on any atom is -0.463 e. The number of rotatable bonds is 38. The summed E-state index contributed by atoms with van der Waals surface area (Å²) in [6, 6.07) is 0. The van der Waals surface area contributed by atoms with Gasteiger partial charge in [-0.15, -0.1) is 0 Å². The Morgan fingerprint density at radius 3 is 0.958 bits per heavy atom. The number of allylic oxidation sites excluding steroid dienone is 4. The van der Waals surface area contributed by atoms with Gasteiger partial charge in [-0.25, -0.2) is 0 Å². The summed E-state index contributed by atoms with van der Waals surface area (Å²) >= 11 is 0. The summed E-state index contributed by atoms with van der Waals surface area (Å²) in [5.41, 5.74) is 0. The zero-order valence-corrected chi connectivity index (χ0v) is 32.0. The second-order valence-electron chi connectivity index (χ2n) is 14.1. The van der Waals surface area contributed by atoms with Crippen molar-refractivity contribution >= 4 is 11.9 Å². The molecule has 0 aromatic rings. The van der Waals surface area contributed by atoms with Crippen molar-refractivity contribution in [3.8, 4) is 0 Å². The third kappa shape index (κ3) is 38.8. The van der Waals surface area contributed by atoms with Crippen molar-refractivity contribution in [3.63, 3.8) is 0 Å². The summed E-state index contributed by atoms with van der Waals surface area (Å²) in [5, 5.41) is 10.0. The van der Waals surface area contributed by atoms with Crippen LogP contribution >= 0.6 is 0 Å². The molecule has 0 spiro atoms. The third-order valence-corrected chi connectivity index (χ3v) is 9.16. The fourth-order valence-electron chi connectivity index (χ4n) is 5.96. The molecule has 0 bridgehead atoms. The molecule has 0 fully saturated rings. The van der Waals surface area contributed by atoms with E-state index in [2.05, 4.69) is 38.2 Å². The lowest BCUT2D eigenvalue weighted by Gasteiger charge is -2.12. The third-order valence-electron chi connectivity index (χ3n) is 9.16. The van der Waals surface area contributed by atoms with Crippen molar-refractivity contribution in [3.05, 3.63) is 24.3 Å². The molecule has 0 heterocycles. The zero-order valence-electron chi connectivity index (χ0n) is 32.0. The molecule has 0 atom stereocenters. The van der Waals surface area contributed by atoms with Crippen LogP contribution < -0.4 is 0 Å². The second-order valence-corrected chi connectivity index (χ2v) is 14.1. The van der Waals surface area contributed by atoms with E-state index >= 15 is 0 Å². The predicted molar refractivity (Wildman–Crippen MR) is 205 cm³/mol. The molecule has 0 unspecified atom stereocenters. The molecular formula is C43H80O5. The zero-order chi connectivity index (χ0) is 35.0. The lowest BCUT2D eigenvalue weighted by Crippen LogP contribution is -2.25. The van der Waals surface area contributed by atoms with Gasteiger partial charge in [0.2, 0.25) is 0 Å². The maximum Gasteiger partial charge on any atom is 0.305 e. The highest BCUT2D eigenvalue weighted by molar-refractivity contribution is 5.69. The number of aliphatic hydroxyl groups is 1. The summed E-state index contributed by atoms with van der Waals surface area (Å²) in [6.45, 7) is 4.30. The summed E-state index contributed by atoms with van der Waals surface area (Å²) in [4.78, 5) is 24.0. The molecule has 0 saturated heterocycles.